The van der Waals surface area contributed by atoms with Crippen molar-refractivity contribution in [1.29, 1.82) is 0 Å². The van der Waals surface area contributed by atoms with Gasteiger partial charge in [-0.25, -0.2) is 0 Å². The zero-order valence-corrected chi connectivity index (χ0v) is 9.94. The fourth-order valence-electron chi connectivity index (χ4n) is 1.55. The summed E-state index contributed by atoms with van der Waals surface area (Å²) in [5.41, 5.74) is 1.16. The Bertz CT molecular complexity index is 326. The van der Waals surface area contributed by atoms with Crippen LogP contribution in [0.2, 0.25) is 5.02 Å². The molecule has 1 N–H and O–H groups in total. The Morgan fingerprint density at radius 1 is 1.50 bits per heavy atom. The third-order valence-electron chi connectivity index (χ3n) is 2.26. The van der Waals surface area contributed by atoms with Crippen LogP contribution in [0.15, 0.2) is 22.7 Å². The minimum absolute atomic E-state index is 0.247. The van der Waals surface area contributed by atoms with Crippen LogP contribution in [0.5, 0.6) is 0 Å². The van der Waals surface area contributed by atoms with Gasteiger partial charge in [-0.05, 0) is 23.8 Å². The molecule has 0 spiro atoms. The van der Waals surface area contributed by atoms with Gasteiger partial charge in [0.25, 0.3) is 0 Å². The van der Waals surface area contributed by atoms with Crippen molar-refractivity contribution in [1.82, 2.24) is 5.32 Å². The SMILES string of the molecule is Clc1ccc(Br)c([C@H]2COCCN2)c1. The fourth-order valence-corrected chi connectivity index (χ4v) is 2.25. The van der Waals surface area contributed by atoms with Crippen molar-refractivity contribution in [3.05, 3.63) is 33.3 Å². The monoisotopic (exact) mass is 275 g/mol. The van der Waals surface area contributed by atoms with E-state index in [1.807, 2.05) is 18.2 Å². The largest absolute Gasteiger partial charge is 0.378 e. The van der Waals surface area contributed by atoms with Gasteiger partial charge in [0.2, 0.25) is 0 Å². The van der Waals surface area contributed by atoms with Gasteiger partial charge in [0.1, 0.15) is 0 Å². The summed E-state index contributed by atoms with van der Waals surface area (Å²) in [5, 5.41) is 4.15. The molecule has 1 saturated heterocycles. The standard InChI is InChI=1S/C10H11BrClNO/c11-9-2-1-7(12)5-8(9)10-6-14-4-3-13-10/h1-2,5,10,13H,3-4,6H2/t10-/m1/s1. The minimum atomic E-state index is 0.247. The highest BCUT2D eigenvalue weighted by Gasteiger charge is 2.17. The summed E-state index contributed by atoms with van der Waals surface area (Å²) in [4.78, 5) is 0. The Hall–Kier alpha value is -0.0900. The third-order valence-corrected chi connectivity index (χ3v) is 3.21. The molecule has 0 aliphatic carbocycles. The summed E-state index contributed by atoms with van der Waals surface area (Å²) in [6, 6.07) is 6.06. The van der Waals surface area contributed by atoms with Gasteiger partial charge in [-0.1, -0.05) is 27.5 Å². The van der Waals surface area contributed by atoms with Gasteiger partial charge >= 0.3 is 0 Å². The van der Waals surface area contributed by atoms with Gasteiger partial charge in [0, 0.05) is 16.0 Å². The molecular weight excluding hydrogens is 265 g/mol. The van der Waals surface area contributed by atoms with E-state index in [1.165, 1.54) is 0 Å². The molecule has 0 unspecified atom stereocenters. The van der Waals surface area contributed by atoms with Crippen LogP contribution in [0.3, 0.4) is 0 Å². The van der Waals surface area contributed by atoms with Crippen LogP contribution in [0.4, 0.5) is 0 Å². The van der Waals surface area contributed by atoms with Gasteiger partial charge in [0.05, 0.1) is 19.3 Å². The molecule has 76 valence electrons. The summed E-state index contributed by atoms with van der Waals surface area (Å²) in [6.45, 7) is 2.39. The number of hydrogen-bond acceptors (Lipinski definition) is 2. The van der Waals surface area contributed by atoms with Gasteiger partial charge in [-0.3, -0.25) is 0 Å². The number of nitrogens with one attached hydrogen (secondary N) is 1. The maximum atomic E-state index is 5.95. The predicted octanol–water partition coefficient (Wildman–Crippen LogP) is 2.76. The molecule has 0 radical (unpaired) electrons. The average Bonchev–Trinajstić information content (AvgIpc) is 2.23. The maximum Gasteiger partial charge on any atom is 0.0662 e. The highest BCUT2D eigenvalue weighted by molar-refractivity contribution is 9.10. The summed E-state index contributed by atoms with van der Waals surface area (Å²) in [5.74, 6) is 0. The number of hydrogen-bond donors (Lipinski definition) is 1. The highest BCUT2D eigenvalue weighted by atomic mass is 79.9. The van der Waals surface area contributed by atoms with E-state index < -0.39 is 0 Å². The molecule has 1 heterocycles. The van der Waals surface area contributed by atoms with Crippen molar-refractivity contribution in [3.8, 4) is 0 Å². The molecule has 1 aromatic carbocycles. The van der Waals surface area contributed by atoms with Gasteiger partial charge in [-0.15, -0.1) is 0 Å². The average molecular weight is 277 g/mol. The van der Waals surface area contributed by atoms with Gasteiger partial charge < -0.3 is 10.1 Å². The molecule has 0 amide bonds. The van der Waals surface area contributed by atoms with E-state index in [0.29, 0.717) is 6.61 Å². The summed E-state index contributed by atoms with van der Waals surface area (Å²) < 4.78 is 6.48. The first-order chi connectivity index (χ1) is 6.77. The number of morpholine rings is 1. The molecule has 2 nitrogen and oxygen atoms in total. The lowest BCUT2D eigenvalue weighted by Crippen LogP contribution is -2.34. The molecule has 1 aromatic rings. The highest BCUT2D eigenvalue weighted by Crippen LogP contribution is 2.27. The topological polar surface area (TPSA) is 21.3 Å². The lowest BCUT2D eigenvalue weighted by molar-refractivity contribution is 0.0767. The van der Waals surface area contributed by atoms with Crippen LogP contribution in [0.1, 0.15) is 11.6 Å². The number of benzene rings is 1. The Kier molecular flexibility index (Phi) is 3.44. The Labute approximate surface area is 96.7 Å². The second-order valence-corrected chi connectivity index (χ2v) is 4.54. The van der Waals surface area contributed by atoms with Gasteiger partial charge in [0.15, 0.2) is 0 Å². The molecule has 0 aromatic heterocycles. The van der Waals surface area contributed by atoms with E-state index in [4.69, 9.17) is 16.3 Å². The van der Waals surface area contributed by atoms with Crippen LogP contribution in [0.25, 0.3) is 0 Å². The molecule has 2 rings (SSSR count). The minimum Gasteiger partial charge on any atom is -0.378 e. The zero-order chi connectivity index (χ0) is 9.97. The molecule has 1 fully saturated rings. The Morgan fingerprint density at radius 2 is 2.36 bits per heavy atom. The maximum absolute atomic E-state index is 5.95. The first-order valence-electron chi connectivity index (χ1n) is 4.53. The molecule has 1 aliphatic rings. The van der Waals surface area contributed by atoms with Crippen molar-refractivity contribution >= 4 is 27.5 Å². The Morgan fingerprint density at radius 3 is 3.07 bits per heavy atom. The Balaban J connectivity index is 2.24. The number of ether oxygens (including phenoxy) is 1. The van der Waals surface area contributed by atoms with Crippen molar-refractivity contribution < 1.29 is 4.74 Å². The van der Waals surface area contributed by atoms with Crippen molar-refractivity contribution in [2.75, 3.05) is 19.8 Å². The van der Waals surface area contributed by atoms with Crippen molar-refractivity contribution in [2.24, 2.45) is 0 Å². The molecule has 1 atom stereocenters. The second kappa shape index (κ2) is 4.62. The van der Waals surface area contributed by atoms with Crippen LogP contribution >= 0.6 is 27.5 Å². The third kappa shape index (κ3) is 2.28. The zero-order valence-electron chi connectivity index (χ0n) is 7.59. The van der Waals surface area contributed by atoms with Crippen LogP contribution < -0.4 is 5.32 Å². The van der Waals surface area contributed by atoms with Crippen LogP contribution in [-0.4, -0.2) is 19.8 Å². The van der Waals surface area contributed by atoms with E-state index in [0.717, 1.165) is 28.2 Å². The van der Waals surface area contributed by atoms with E-state index in [2.05, 4.69) is 21.2 Å². The summed E-state index contributed by atoms with van der Waals surface area (Å²) >= 11 is 9.46. The quantitative estimate of drug-likeness (QED) is 0.852. The summed E-state index contributed by atoms with van der Waals surface area (Å²) in [7, 11) is 0. The first-order valence-corrected chi connectivity index (χ1v) is 5.70. The van der Waals surface area contributed by atoms with Crippen molar-refractivity contribution in [3.63, 3.8) is 0 Å². The van der Waals surface area contributed by atoms with Gasteiger partial charge in [-0.2, -0.15) is 0 Å². The first kappa shape index (κ1) is 10.4. The fraction of sp³-hybridized carbons (Fsp3) is 0.400. The number of rotatable bonds is 1. The number of halogens is 2. The van der Waals surface area contributed by atoms with E-state index >= 15 is 0 Å². The predicted molar refractivity (Wildman–Crippen MR) is 60.7 cm³/mol. The molecule has 0 bridgehead atoms. The molecule has 4 heteroatoms. The molecule has 0 saturated carbocycles. The second-order valence-electron chi connectivity index (χ2n) is 3.25. The molecule has 14 heavy (non-hydrogen) atoms. The van der Waals surface area contributed by atoms with Crippen LogP contribution in [-0.2, 0) is 4.74 Å². The molecule has 1 aliphatic heterocycles. The molecular formula is C10H11BrClNO. The lowest BCUT2D eigenvalue weighted by Gasteiger charge is -2.25. The van der Waals surface area contributed by atoms with Crippen molar-refractivity contribution in [2.45, 2.75) is 6.04 Å². The smallest absolute Gasteiger partial charge is 0.0662 e. The van der Waals surface area contributed by atoms with Crippen LogP contribution in [0, 0.1) is 0 Å². The van der Waals surface area contributed by atoms with E-state index in [-0.39, 0.29) is 6.04 Å². The lowest BCUT2D eigenvalue weighted by atomic mass is 10.1. The van der Waals surface area contributed by atoms with E-state index in [1.54, 1.807) is 0 Å². The normalized spacial score (nSPS) is 22.3. The summed E-state index contributed by atoms with van der Waals surface area (Å²) in [6.07, 6.45) is 0. The van der Waals surface area contributed by atoms with E-state index in [9.17, 15) is 0 Å².